The molecule has 3 rings (SSSR count). The van der Waals surface area contributed by atoms with Crippen molar-refractivity contribution in [3.05, 3.63) is 70.9 Å². The fourth-order valence-corrected chi connectivity index (χ4v) is 2.26. The molecule has 2 aromatic carbocycles. The van der Waals surface area contributed by atoms with Crippen LogP contribution in [0.3, 0.4) is 0 Å². The quantitative estimate of drug-likeness (QED) is 0.719. The standard InChI is InChI=1S/C18H14ClNO4/c19-14-7-5-12(6-8-14)10-20-17(21)11-23-18(22)16-9-13-3-1-2-4-15(13)24-16/h1-9H,10-11H2,(H,20,21). The van der Waals surface area contributed by atoms with Gasteiger partial charge in [0, 0.05) is 17.0 Å². The summed E-state index contributed by atoms with van der Waals surface area (Å²) in [7, 11) is 0. The fourth-order valence-electron chi connectivity index (χ4n) is 2.14. The molecule has 1 aromatic heterocycles. The van der Waals surface area contributed by atoms with Crippen LogP contribution in [0, 0.1) is 0 Å². The summed E-state index contributed by atoms with van der Waals surface area (Å²) in [5, 5.41) is 4.09. The van der Waals surface area contributed by atoms with Crippen LogP contribution < -0.4 is 5.32 Å². The van der Waals surface area contributed by atoms with Crippen molar-refractivity contribution in [3.8, 4) is 0 Å². The van der Waals surface area contributed by atoms with Gasteiger partial charge in [-0.15, -0.1) is 0 Å². The van der Waals surface area contributed by atoms with Crippen molar-refractivity contribution in [2.75, 3.05) is 6.61 Å². The van der Waals surface area contributed by atoms with E-state index < -0.39 is 11.9 Å². The van der Waals surface area contributed by atoms with Crippen molar-refractivity contribution in [2.24, 2.45) is 0 Å². The average molecular weight is 344 g/mol. The molecule has 0 aliphatic heterocycles. The van der Waals surface area contributed by atoms with Gasteiger partial charge < -0.3 is 14.5 Å². The SMILES string of the molecule is O=C(COC(=O)c1cc2ccccc2o1)NCc1ccc(Cl)cc1. The third kappa shape index (κ3) is 3.94. The summed E-state index contributed by atoms with van der Waals surface area (Å²) in [4.78, 5) is 23.7. The summed E-state index contributed by atoms with van der Waals surface area (Å²) in [5.41, 5.74) is 1.49. The topological polar surface area (TPSA) is 68.5 Å². The maximum Gasteiger partial charge on any atom is 0.374 e. The molecule has 6 heteroatoms. The van der Waals surface area contributed by atoms with Crippen LogP contribution in [0.15, 0.2) is 59.0 Å². The molecule has 0 spiro atoms. The summed E-state index contributed by atoms with van der Waals surface area (Å²) in [6.45, 7) is -0.0400. The van der Waals surface area contributed by atoms with E-state index in [0.29, 0.717) is 17.2 Å². The Labute approximate surface area is 143 Å². The van der Waals surface area contributed by atoms with Gasteiger partial charge in [0.2, 0.25) is 5.76 Å². The van der Waals surface area contributed by atoms with Crippen LogP contribution in [-0.2, 0) is 16.1 Å². The van der Waals surface area contributed by atoms with Gasteiger partial charge in [-0.1, -0.05) is 41.9 Å². The maximum atomic E-state index is 11.9. The van der Waals surface area contributed by atoms with Crippen LogP contribution in [-0.4, -0.2) is 18.5 Å². The van der Waals surface area contributed by atoms with Crippen LogP contribution in [0.5, 0.6) is 0 Å². The number of hydrogen-bond donors (Lipinski definition) is 1. The Morgan fingerprint density at radius 1 is 1.08 bits per heavy atom. The van der Waals surface area contributed by atoms with Crippen LogP contribution in [0.2, 0.25) is 5.02 Å². The molecular weight excluding hydrogens is 330 g/mol. The van der Waals surface area contributed by atoms with Crippen LogP contribution >= 0.6 is 11.6 Å². The highest BCUT2D eigenvalue weighted by Gasteiger charge is 2.15. The molecule has 0 fully saturated rings. The van der Waals surface area contributed by atoms with E-state index in [2.05, 4.69) is 5.32 Å². The van der Waals surface area contributed by atoms with Crippen LogP contribution in [0.4, 0.5) is 0 Å². The van der Waals surface area contributed by atoms with E-state index in [1.165, 1.54) is 0 Å². The van der Waals surface area contributed by atoms with Gasteiger partial charge in [-0.2, -0.15) is 0 Å². The number of halogens is 1. The molecule has 0 unspecified atom stereocenters. The first-order valence-corrected chi connectivity index (χ1v) is 7.66. The highest BCUT2D eigenvalue weighted by Crippen LogP contribution is 2.19. The van der Waals surface area contributed by atoms with E-state index >= 15 is 0 Å². The van der Waals surface area contributed by atoms with Gasteiger partial charge in [-0.25, -0.2) is 4.79 Å². The summed E-state index contributed by atoms with van der Waals surface area (Å²) in [5.74, 6) is -0.996. The Kier molecular flexibility index (Phi) is 4.82. The number of amides is 1. The molecule has 0 saturated heterocycles. The predicted molar refractivity (Wildman–Crippen MR) is 89.8 cm³/mol. The summed E-state index contributed by atoms with van der Waals surface area (Å²) in [6.07, 6.45) is 0. The molecule has 24 heavy (non-hydrogen) atoms. The molecule has 0 radical (unpaired) electrons. The monoisotopic (exact) mass is 343 g/mol. The first kappa shape index (κ1) is 16.1. The molecule has 1 N–H and O–H groups in total. The lowest BCUT2D eigenvalue weighted by atomic mass is 10.2. The van der Waals surface area contributed by atoms with Crippen molar-refractivity contribution in [3.63, 3.8) is 0 Å². The first-order chi connectivity index (χ1) is 11.6. The summed E-state index contributed by atoms with van der Waals surface area (Å²) >= 11 is 5.79. The number of fused-ring (bicyclic) bond motifs is 1. The Bertz CT molecular complexity index is 837. The average Bonchev–Trinajstić information content (AvgIpc) is 3.03. The second-order valence-electron chi connectivity index (χ2n) is 5.13. The number of carbonyl (C=O) groups is 2. The minimum Gasteiger partial charge on any atom is -0.450 e. The molecule has 1 amide bonds. The Morgan fingerprint density at radius 3 is 2.58 bits per heavy atom. The highest BCUT2D eigenvalue weighted by atomic mass is 35.5. The van der Waals surface area contributed by atoms with Crippen molar-refractivity contribution in [1.29, 1.82) is 0 Å². The zero-order valence-electron chi connectivity index (χ0n) is 12.6. The number of benzene rings is 2. The van der Waals surface area contributed by atoms with Gasteiger partial charge >= 0.3 is 5.97 Å². The zero-order chi connectivity index (χ0) is 16.9. The third-order valence-corrected chi connectivity index (χ3v) is 3.62. The summed E-state index contributed by atoms with van der Waals surface area (Å²) in [6, 6.07) is 15.9. The highest BCUT2D eigenvalue weighted by molar-refractivity contribution is 6.30. The predicted octanol–water partition coefficient (Wildman–Crippen LogP) is 3.56. The number of ether oxygens (including phenoxy) is 1. The molecule has 0 aliphatic carbocycles. The second kappa shape index (κ2) is 7.19. The third-order valence-electron chi connectivity index (χ3n) is 3.36. The lowest BCUT2D eigenvalue weighted by Gasteiger charge is -2.06. The van der Waals surface area contributed by atoms with Gasteiger partial charge in [-0.05, 0) is 29.8 Å². The van der Waals surface area contributed by atoms with Gasteiger partial charge in [0.15, 0.2) is 6.61 Å². The molecule has 5 nitrogen and oxygen atoms in total. The molecular formula is C18H14ClNO4. The van der Waals surface area contributed by atoms with Crippen LogP contribution in [0.1, 0.15) is 16.1 Å². The zero-order valence-corrected chi connectivity index (χ0v) is 13.4. The largest absolute Gasteiger partial charge is 0.450 e. The van der Waals surface area contributed by atoms with Crippen molar-refractivity contribution < 1.29 is 18.7 Å². The van der Waals surface area contributed by atoms with Crippen molar-refractivity contribution >= 4 is 34.4 Å². The minimum absolute atomic E-state index is 0.0710. The van der Waals surface area contributed by atoms with Crippen molar-refractivity contribution in [2.45, 2.75) is 6.54 Å². The minimum atomic E-state index is -0.673. The normalized spacial score (nSPS) is 10.5. The maximum absolute atomic E-state index is 11.9. The van der Waals surface area contributed by atoms with Gasteiger partial charge in [0.1, 0.15) is 5.58 Å². The van der Waals surface area contributed by atoms with Crippen LogP contribution in [0.25, 0.3) is 11.0 Å². The van der Waals surface area contributed by atoms with E-state index in [-0.39, 0.29) is 12.4 Å². The molecule has 0 saturated carbocycles. The van der Waals surface area contributed by atoms with Gasteiger partial charge in [-0.3, -0.25) is 4.79 Å². The second-order valence-corrected chi connectivity index (χ2v) is 5.56. The smallest absolute Gasteiger partial charge is 0.374 e. The Balaban J connectivity index is 1.50. The Morgan fingerprint density at radius 2 is 1.83 bits per heavy atom. The number of furan rings is 1. The molecule has 3 aromatic rings. The number of esters is 1. The Hall–Kier alpha value is -2.79. The molecule has 0 aliphatic rings. The summed E-state index contributed by atoms with van der Waals surface area (Å²) < 4.78 is 10.3. The number of nitrogens with one attached hydrogen (secondary N) is 1. The van der Waals surface area contributed by atoms with E-state index in [0.717, 1.165) is 10.9 Å². The van der Waals surface area contributed by atoms with Gasteiger partial charge in [0.05, 0.1) is 0 Å². The van der Waals surface area contributed by atoms with E-state index in [9.17, 15) is 9.59 Å². The molecule has 0 atom stereocenters. The molecule has 1 heterocycles. The number of rotatable bonds is 5. The molecule has 122 valence electrons. The number of para-hydroxylation sites is 1. The number of hydrogen-bond acceptors (Lipinski definition) is 4. The first-order valence-electron chi connectivity index (χ1n) is 7.29. The van der Waals surface area contributed by atoms with E-state index in [1.54, 1.807) is 24.3 Å². The lowest BCUT2D eigenvalue weighted by Crippen LogP contribution is -2.28. The lowest BCUT2D eigenvalue weighted by molar-refractivity contribution is -0.124. The number of carbonyl (C=O) groups excluding carboxylic acids is 2. The van der Waals surface area contributed by atoms with E-state index in [1.807, 2.05) is 30.3 Å². The van der Waals surface area contributed by atoms with Crippen molar-refractivity contribution in [1.82, 2.24) is 5.32 Å². The van der Waals surface area contributed by atoms with E-state index in [4.69, 9.17) is 20.8 Å². The van der Waals surface area contributed by atoms with Gasteiger partial charge in [0.25, 0.3) is 5.91 Å². The molecule has 0 bridgehead atoms. The fraction of sp³-hybridized carbons (Fsp3) is 0.111.